The highest BCUT2D eigenvalue weighted by molar-refractivity contribution is 7.90. The number of fused-ring (bicyclic) bond motifs is 3. The van der Waals surface area contributed by atoms with E-state index >= 15 is 0 Å². The Bertz CT molecular complexity index is 1280. The SMILES string of the molecule is CS(=O)(=O)CCCn1c(CN2C(=O)C3(CC3)c3ccncc32)nc2cc(Cl)ccc21. The van der Waals surface area contributed by atoms with Crippen LogP contribution >= 0.6 is 11.6 Å². The Morgan fingerprint density at radius 2 is 2.03 bits per heavy atom. The maximum absolute atomic E-state index is 13.2. The van der Waals surface area contributed by atoms with Crippen LogP contribution in [-0.2, 0) is 33.1 Å². The molecule has 3 heterocycles. The molecule has 3 aromatic rings. The van der Waals surface area contributed by atoms with Crippen molar-refractivity contribution in [2.75, 3.05) is 16.9 Å². The Labute approximate surface area is 179 Å². The average Bonchev–Trinajstić information content (AvgIpc) is 3.38. The Morgan fingerprint density at radius 3 is 2.77 bits per heavy atom. The van der Waals surface area contributed by atoms with Gasteiger partial charge in [0.2, 0.25) is 5.91 Å². The predicted octanol–water partition coefficient (Wildman–Crippen LogP) is 3.10. The largest absolute Gasteiger partial charge is 0.326 e. The van der Waals surface area contributed by atoms with Crippen LogP contribution in [-0.4, -0.2) is 40.9 Å². The molecule has 2 aliphatic rings. The first-order valence-corrected chi connectivity index (χ1v) is 12.3. The maximum atomic E-state index is 13.2. The van der Waals surface area contributed by atoms with E-state index < -0.39 is 15.3 Å². The minimum Gasteiger partial charge on any atom is -0.326 e. The summed E-state index contributed by atoms with van der Waals surface area (Å²) in [5, 5.41) is 0.582. The molecule has 5 rings (SSSR count). The molecule has 0 bridgehead atoms. The maximum Gasteiger partial charge on any atom is 0.238 e. The number of aromatic nitrogens is 3. The number of amides is 1. The molecule has 30 heavy (non-hydrogen) atoms. The standard InChI is InChI=1S/C21H21ClN4O3S/c1-30(28,29)10-2-9-25-17-4-3-14(22)11-16(17)24-19(25)13-26-18-12-23-8-5-15(18)21(6-7-21)20(26)27/h3-5,8,11-12H,2,6-7,9-10,13H2,1H3. The molecule has 1 aromatic carbocycles. The van der Waals surface area contributed by atoms with Crippen LogP contribution in [0.3, 0.4) is 0 Å². The number of benzene rings is 1. The quantitative estimate of drug-likeness (QED) is 0.583. The number of imidazole rings is 1. The summed E-state index contributed by atoms with van der Waals surface area (Å²) in [7, 11) is -3.06. The van der Waals surface area contributed by atoms with Gasteiger partial charge >= 0.3 is 0 Å². The minimum absolute atomic E-state index is 0.0954. The van der Waals surface area contributed by atoms with Crippen LogP contribution in [0.25, 0.3) is 11.0 Å². The number of aryl methyl sites for hydroxylation is 1. The van der Waals surface area contributed by atoms with Gasteiger partial charge in [0.05, 0.1) is 40.6 Å². The van der Waals surface area contributed by atoms with Crippen LogP contribution in [0.5, 0.6) is 0 Å². The summed E-state index contributed by atoms with van der Waals surface area (Å²) >= 11 is 6.15. The van der Waals surface area contributed by atoms with Crippen molar-refractivity contribution in [1.29, 1.82) is 0 Å². The molecular weight excluding hydrogens is 424 g/mol. The van der Waals surface area contributed by atoms with Crippen molar-refractivity contribution in [3.8, 4) is 0 Å². The third-order valence-corrected chi connectivity index (χ3v) is 7.26. The van der Waals surface area contributed by atoms with Crippen molar-refractivity contribution in [3.63, 3.8) is 0 Å². The lowest BCUT2D eigenvalue weighted by molar-refractivity contribution is -0.120. The van der Waals surface area contributed by atoms with Crippen LogP contribution in [0.4, 0.5) is 5.69 Å². The van der Waals surface area contributed by atoms with E-state index in [2.05, 4.69) is 4.98 Å². The summed E-state index contributed by atoms with van der Waals surface area (Å²) < 4.78 is 25.2. The van der Waals surface area contributed by atoms with Crippen molar-refractivity contribution in [1.82, 2.24) is 14.5 Å². The number of pyridine rings is 1. The first-order chi connectivity index (χ1) is 14.3. The summed E-state index contributed by atoms with van der Waals surface area (Å²) in [6.45, 7) is 0.804. The Hall–Kier alpha value is -2.45. The van der Waals surface area contributed by atoms with Crippen LogP contribution in [0, 0.1) is 0 Å². The molecular formula is C21H21ClN4O3S. The van der Waals surface area contributed by atoms with E-state index in [1.807, 2.05) is 16.7 Å². The summed E-state index contributed by atoms with van der Waals surface area (Å²) in [6, 6.07) is 7.41. The smallest absolute Gasteiger partial charge is 0.238 e. The molecule has 1 amide bonds. The second-order valence-corrected chi connectivity index (χ2v) is 10.9. The van der Waals surface area contributed by atoms with Gasteiger partial charge in [0.25, 0.3) is 0 Å². The van der Waals surface area contributed by atoms with E-state index in [0.29, 0.717) is 30.4 Å². The molecule has 0 unspecified atom stereocenters. The van der Waals surface area contributed by atoms with E-state index in [4.69, 9.17) is 16.6 Å². The van der Waals surface area contributed by atoms with Crippen LogP contribution in [0.2, 0.25) is 5.02 Å². The van der Waals surface area contributed by atoms with Gasteiger partial charge in [0, 0.05) is 24.0 Å². The predicted molar refractivity (Wildman–Crippen MR) is 115 cm³/mol. The van der Waals surface area contributed by atoms with Gasteiger partial charge in [-0.15, -0.1) is 0 Å². The first-order valence-electron chi connectivity index (χ1n) is 9.87. The van der Waals surface area contributed by atoms with E-state index in [1.54, 1.807) is 29.4 Å². The van der Waals surface area contributed by atoms with Crippen LogP contribution in [0.1, 0.15) is 30.7 Å². The van der Waals surface area contributed by atoms with Crippen molar-refractivity contribution < 1.29 is 13.2 Å². The molecule has 0 radical (unpaired) electrons. The molecule has 0 atom stereocenters. The second kappa shape index (κ2) is 6.78. The van der Waals surface area contributed by atoms with Gasteiger partial charge in [0.15, 0.2) is 0 Å². The van der Waals surface area contributed by atoms with Crippen LogP contribution < -0.4 is 4.90 Å². The number of sulfone groups is 1. The number of carbonyl (C=O) groups is 1. The highest BCUT2D eigenvalue weighted by atomic mass is 35.5. The molecule has 7 nitrogen and oxygen atoms in total. The van der Waals surface area contributed by atoms with E-state index in [9.17, 15) is 13.2 Å². The van der Waals surface area contributed by atoms with Crippen molar-refractivity contribution in [2.45, 2.75) is 37.8 Å². The summed E-state index contributed by atoms with van der Waals surface area (Å²) in [5.41, 5.74) is 3.10. The second-order valence-electron chi connectivity index (χ2n) is 8.16. The fourth-order valence-electron chi connectivity index (χ4n) is 4.40. The number of halogens is 1. The van der Waals surface area contributed by atoms with Gasteiger partial charge in [-0.1, -0.05) is 11.6 Å². The zero-order chi connectivity index (χ0) is 21.1. The lowest BCUT2D eigenvalue weighted by Gasteiger charge is -2.18. The highest BCUT2D eigenvalue weighted by Gasteiger charge is 2.59. The fraction of sp³-hybridized carbons (Fsp3) is 0.381. The van der Waals surface area contributed by atoms with Crippen molar-refractivity contribution in [3.05, 3.63) is 53.1 Å². The summed E-state index contributed by atoms with van der Waals surface area (Å²) in [5.74, 6) is 0.901. The third-order valence-electron chi connectivity index (χ3n) is 6.00. The lowest BCUT2D eigenvalue weighted by atomic mass is 9.99. The molecule has 9 heteroatoms. The molecule has 1 saturated carbocycles. The number of hydrogen-bond donors (Lipinski definition) is 0. The normalized spacial score (nSPS) is 17.1. The molecule has 1 spiro atoms. The number of rotatable bonds is 6. The van der Waals surface area contributed by atoms with Gasteiger partial charge in [-0.05, 0) is 49.1 Å². The van der Waals surface area contributed by atoms with Crippen molar-refractivity contribution >= 4 is 44.1 Å². The van der Waals surface area contributed by atoms with E-state index in [-0.39, 0.29) is 11.7 Å². The molecule has 1 fully saturated rings. The topological polar surface area (TPSA) is 85.2 Å². The zero-order valence-electron chi connectivity index (χ0n) is 16.5. The Kier molecular flexibility index (Phi) is 4.41. The average molecular weight is 445 g/mol. The number of nitrogens with zero attached hydrogens (tertiary/aromatic N) is 4. The molecule has 0 N–H and O–H groups in total. The van der Waals surface area contributed by atoms with Gasteiger partial charge in [-0.2, -0.15) is 0 Å². The number of carbonyl (C=O) groups excluding carboxylic acids is 1. The molecule has 2 aromatic heterocycles. The molecule has 1 aliphatic carbocycles. The van der Waals surface area contributed by atoms with Gasteiger partial charge < -0.3 is 9.47 Å². The van der Waals surface area contributed by atoms with E-state index in [0.717, 1.165) is 35.1 Å². The molecule has 156 valence electrons. The first kappa shape index (κ1) is 19.5. The zero-order valence-corrected chi connectivity index (χ0v) is 18.1. The van der Waals surface area contributed by atoms with Gasteiger partial charge in [-0.3, -0.25) is 9.78 Å². The summed E-state index contributed by atoms with van der Waals surface area (Å²) in [6.07, 6.45) is 6.91. The fourth-order valence-corrected chi connectivity index (χ4v) is 5.22. The summed E-state index contributed by atoms with van der Waals surface area (Å²) in [4.78, 5) is 24.0. The Morgan fingerprint density at radius 1 is 1.23 bits per heavy atom. The van der Waals surface area contributed by atoms with Crippen molar-refractivity contribution in [2.24, 2.45) is 0 Å². The lowest BCUT2D eigenvalue weighted by Crippen LogP contribution is -2.32. The third kappa shape index (κ3) is 3.18. The van der Waals surface area contributed by atoms with Crippen LogP contribution in [0.15, 0.2) is 36.7 Å². The highest BCUT2D eigenvalue weighted by Crippen LogP contribution is 2.57. The van der Waals surface area contributed by atoms with Gasteiger partial charge in [-0.25, -0.2) is 13.4 Å². The molecule has 1 aliphatic heterocycles. The minimum atomic E-state index is -3.06. The Balaban J connectivity index is 1.52. The number of anilines is 1. The van der Waals surface area contributed by atoms with E-state index in [1.165, 1.54) is 6.26 Å². The number of hydrogen-bond acceptors (Lipinski definition) is 5. The molecule has 0 saturated heterocycles. The monoisotopic (exact) mass is 444 g/mol. The van der Waals surface area contributed by atoms with Gasteiger partial charge in [0.1, 0.15) is 15.7 Å².